The molecule has 1 aromatic heterocycles. The lowest BCUT2D eigenvalue weighted by Gasteiger charge is -2.50. The number of carbonyl (C=O) groups is 1. The van der Waals surface area contributed by atoms with Crippen LogP contribution in [0.4, 0.5) is 0 Å². The molecule has 5 heteroatoms. The fourth-order valence-corrected chi connectivity index (χ4v) is 4.41. The zero-order valence-electron chi connectivity index (χ0n) is 13.5. The Kier molecular flexibility index (Phi) is 5.51. The van der Waals surface area contributed by atoms with E-state index < -0.39 is 0 Å². The molecule has 2 atom stereocenters. The third-order valence-corrected chi connectivity index (χ3v) is 5.63. The first-order valence-corrected chi connectivity index (χ1v) is 9.27. The normalized spacial score (nSPS) is 27.5. The predicted molar refractivity (Wildman–Crippen MR) is 91.6 cm³/mol. The number of hydrogen-bond acceptors (Lipinski definition) is 4. The van der Waals surface area contributed by atoms with Gasteiger partial charge in [-0.25, -0.2) is 0 Å². The minimum Gasteiger partial charge on any atom is -0.377 e. The first kappa shape index (κ1) is 16.7. The van der Waals surface area contributed by atoms with Gasteiger partial charge < -0.3 is 14.4 Å². The quantitative estimate of drug-likeness (QED) is 0.593. The number of amides is 1. The van der Waals surface area contributed by atoms with E-state index in [1.165, 1.54) is 0 Å². The SMILES string of the molecule is C=CCOC[C@@]12CCCO[C@@H]1CCN(C(=O)Cc1ccsc1)C2. The monoisotopic (exact) mass is 335 g/mol. The molecule has 0 bridgehead atoms. The van der Waals surface area contributed by atoms with E-state index in [2.05, 4.69) is 12.0 Å². The van der Waals surface area contributed by atoms with E-state index in [9.17, 15) is 4.79 Å². The first-order chi connectivity index (χ1) is 11.2. The highest BCUT2D eigenvalue weighted by molar-refractivity contribution is 7.07. The number of rotatable bonds is 6. The summed E-state index contributed by atoms with van der Waals surface area (Å²) in [5.74, 6) is 0.218. The second-order valence-corrected chi connectivity index (χ2v) is 7.32. The maximum absolute atomic E-state index is 12.6. The van der Waals surface area contributed by atoms with Gasteiger partial charge >= 0.3 is 0 Å². The molecule has 2 saturated heterocycles. The third-order valence-electron chi connectivity index (χ3n) is 4.90. The number of ether oxygens (including phenoxy) is 2. The Morgan fingerprint density at radius 3 is 3.30 bits per heavy atom. The topological polar surface area (TPSA) is 38.8 Å². The number of carbonyl (C=O) groups excluding carboxylic acids is 1. The number of piperidine rings is 1. The molecule has 0 aromatic carbocycles. The zero-order valence-corrected chi connectivity index (χ0v) is 14.4. The number of likely N-dealkylation sites (tertiary alicyclic amines) is 1. The summed E-state index contributed by atoms with van der Waals surface area (Å²) in [6.45, 7) is 7.27. The lowest BCUT2D eigenvalue weighted by atomic mass is 9.73. The smallest absolute Gasteiger partial charge is 0.227 e. The first-order valence-electron chi connectivity index (χ1n) is 8.33. The van der Waals surface area contributed by atoms with E-state index in [0.717, 1.165) is 44.5 Å². The van der Waals surface area contributed by atoms with Crippen LogP contribution in [0.2, 0.25) is 0 Å². The molecule has 1 aromatic rings. The van der Waals surface area contributed by atoms with Crippen LogP contribution in [-0.4, -0.2) is 49.8 Å². The van der Waals surface area contributed by atoms with Crippen molar-refractivity contribution in [2.24, 2.45) is 5.41 Å². The highest BCUT2D eigenvalue weighted by atomic mass is 32.1. The van der Waals surface area contributed by atoms with Gasteiger partial charge in [0.2, 0.25) is 5.91 Å². The Hall–Kier alpha value is -1.17. The van der Waals surface area contributed by atoms with Crippen molar-refractivity contribution in [3.05, 3.63) is 35.0 Å². The number of nitrogens with zero attached hydrogens (tertiary/aromatic N) is 1. The van der Waals surface area contributed by atoms with Crippen molar-refractivity contribution >= 4 is 17.2 Å². The molecular formula is C18H25NO3S. The van der Waals surface area contributed by atoms with Gasteiger partial charge in [-0.2, -0.15) is 11.3 Å². The van der Waals surface area contributed by atoms with Crippen LogP contribution < -0.4 is 0 Å². The molecule has 2 fully saturated rings. The fraction of sp³-hybridized carbons (Fsp3) is 0.611. The van der Waals surface area contributed by atoms with Gasteiger partial charge in [-0.05, 0) is 41.7 Å². The molecule has 0 unspecified atom stereocenters. The second-order valence-electron chi connectivity index (χ2n) is 6.54. The summed E-state index contributed by atoms with van der Waals surface area (Å²) in [4.78, 5) is 14.7. The van der Waals surface area contributed by atoms with Crippen LogP contribution in [0.5, 0.6) is 0 Å². The summed E-state index contributed by atoms with van der Waals surface area (Å²) in [5.41, 5.74) is 1.06. The highest BCUT2D eigenvalue weighted by Crippen LogP contribution is 2.40. The van der Waals surface area contributed by atoms with Crippen molar-refractivity contribution in [2.45, 2.75) is 31.8 Å². The second kappa shape index (κ2) is 7.60. The minimum absolute atomic E-state index is 0.0518. The maximum atomic E-state index is 12.6. The van der Waals surface area contributed by atoms with E-state index in [0.29, 0.717) is 19.6 Å². The third kappa shape index (κ3) is 3.84. The van der Waals surface area contributed by atoms with Crippen LogP contribution >= 0.6 is 11.3 Å². The molecule has 126 valence electrons. The van der Waals surface area contributed by atoms with Crippen LogP contribution in [0.1, 0.15) is 24.8 Å². The summed E-state index contributed by atoms with van der Waals surface area (Å²) in [5, 5.41) is 4.08. The van der Waals surface area contributed by atoms with Crippen molar-refractivity contribution in [1.29, 1.82) is 0 Å². The Morgan fingerprint density at radius 2 is 2.52 bits per heavy atom. The van der Waals surface area contributed by atoms with Gasteiger partial charge in [-0.1, -0.05) is 6.08 Å². The van der Waals surface area contributed by atoms with Crippen LogP contribution in [0.15, 0.2) is 29.5 Å². The Bertz CT molecular complexity index is 530. The standard InChI is InChI=1S/C18H25NO3S/c1-2-8-21-14-18-6-3-9-22-16(18)4-7-19(13-18)17(20)11-15-5-10-23-12-15/h2,5,10,12,16H,1,3-4,6-9,11,13-14H2/t16-,18+/m1/s1. The molecule has 3 heterocycles. The van der Waals surface area contributed by atoms with Crippen molar-refractivity contribution in [3.63, 3.8) is 0 Å². The van der Waals surface area contributed by atoms with Gasteiger partial charge in [-0.15, -0.1) is 6.58 Å². The average Bonchev–Trinajstić information content (AvgIpc) is 3.07. The molecule has 0 N–H and O–H groups in total. The van der Waals surface area contributed by atoms with Gasteiger partial charge in [0.1, 0.15) is 0 Å². The number of thiophene rings is 1. The van der Waals surface area contributed by atoms with E-state index in [1.807, 2.05) is 16.3 Å². The molecule has 2 aliphatic heterocycles. The summed E-state index contributed by atoms with van der Waals surface area (Å²) in [6, 6.07) is 2.03. The molecule has 0 saturated carbocycles. The molecule has 3 rings (SSSR count). The van der Waals surface area contributed by atoms with Crippen molar-refractivity contribution in [1.82, 2.24) is 4.90 Å². The minimum atomic E-state index is -0.0518. The summed E-state index contributed by atoms with van der Waals surface area (Å²) >= 11 is 1.64. The molecule has 23 heavy (non-hydrogen) atoms. The van der Waals surface area contributed by atoms with Crippen molar-refractivity contribution in [2.75, 3.05) is 32.9 Å². The number of fused-ring (bicyclic) bond motifs is 1. The highest BCUT2D eigenvalue weighted by Gasteiger charge is 2.47. The summed E-state index contributed by atoms with van der Waals surface area (Å²) in [6.07, 6.45) is 5.51. The Balaban J connectivity index is 1.67. The van der Waals surface area contributed by atoms with Crippen molar-refractivity contribution < 1.29 is 14.3 Å². The van der Waals surface area contributed by atoms with Crippen LogP contribution in [-0.2, 0) is 20.7 Å². The molecule has 1 amide bonds. The van der Waals surface area contributed by atoms with Gasteiger partial charge in [0.05, 0.1) is 25.7 Å². The van der Waals surface area contributed by atoms with Gasteiger partial charge in [0.15, 0.2) is 0 Å². The molecule has 0 spiro atoms. The van der Waals surface area contributed by atoms with Crippen molar-refractivity contribution in [3.8, 4) is 0 Å². The summed E-state index contributed by atoms with van der Waals surface area (Å²) < 4.78 is 11.8. The van der Waals surface area contributed by atoms with E-state index >= 15 is 0 Å². The Labute approximate surface area is 142 Å². The van der Waals surface area contributed by atoms with Gasteiger partial charge in [0.25, 0.3) is 0 Å². The lowest BCUT2D eigenvalue weighted by Crippen LogP contribution is -2.58. The van der Waals surface area contributed by atoms with Gasteiger partial charge in [0, 0.05) is 25.1 Å². The zero-order chi connectivity index (χ0) is 16.1. The molecule has 0 aliphatic carbocycles. The van der Waals surface area contributed by atoms with Crippen LogP contribution in [0.25, 0.3) is 0 Å². The Morgan fingerprint density at radius 1 is 1.61 bits per heavy atom. The van der Waals surface area contributed by atoms with E-state index in [4.69, 9.17) is 9.47 Å². The fourth-order valence-electron chi connectivity index (χ4n) is 3.74. The molecular weight excluding hydrogens is 310 g/mol. The molecule has 4 nitrogen and oxygen atoms in total. The molecule has 0 radical (unpaired) electrons. The lowest BCUT2D eigenvalue weighted by molar-refractivity contribution is -0.163. The summed E-state index contributed by atoms with van der Waals surface area (Å²) in [7, 11) is 0. The van der Waals surface area contributed by atoms with Crippen LogP contribution in [0, 0.1) is 5.41 Å². The van der Waals surface area contributed by atoms with Gasteiger partial charge in [-0.3, -0.25) is 4.79 Å². The average molecular weight is 335 g/mol. The molecule has 2 aliphatic rings. The predicted octanol–water partition coefficient (Wildman–Crippen LogP) is 2.89. The number of hydrogen-bond donors (Lipinski definition) is 0. The van der Waals surface area contributed by atoms with Crippen LogP contribution in [0.3, 0.4) is 0 Å². The van der Waals surface area contributed by atoms with E-state index in [-0.39, 0.29) is 17.4 Å². The largest absolute Gasteiger partial charge is 0.377 e. The van der Waals surface area contributed by atoms with E-state index in [1.54, 1.807) is 17.4 Å². The maximum Gasteiger partial charge on any atom is 0.227 e.